The summed E-state index contributed by atoms with van der Waals surface area (Å²) < 4.78 is 40.3. The van der Waals surface area contributed by atoms with Crippen LogP contribution in [0.25, 0.3) is 0 Å². The summed E-state index contributed by atoms with van der Waals surface area (Å²) in [6, 6.07) is 3.96. The van der Waals surface area contributed by atoms with Gasteiger partial charge in [0, 0.05) is 6.54 Å². The predicted octanol–water partition coefficient (Wildman–Crippen LogP) is 1.99. The minimum atomic E-state index is -4.82. The van der Waals surface area contributed by atoms with Crippen molar-refractivity contribution in [3.63, 3.8) is 0 Å². The molecule has 1 heterocycles. The number of nitrogens with one attached hydrogen (secondary N) is 2. The largest absolute Gasteiger partial charge is 0.573 e. The number of carbonyl (C=O) groups is 3. The zero-order chi connectivity index (χ0) is 21.9. The van der Waals surface area contributed by atoms with Gasteiger partial charge in [0.15, 0.2) is 0 Å². The highest BCUT2D eigenvalue weighted by atomic mass is 19.4. The maximum Gasteiger partial charge on any atom is 0.573 e. The summed E-state index contributed by atoms with van der Waals surface area (Å²) in [6.07, 6.45) is -2.28. The minimum absolute atomic E-state index is 0.243. The summed E-state index contributed by atoms with van der Waals surface area (Å²) in [6.45, 7) is -0.718. The Morgan fingerprint density at radius 1 is 1.20 bits per heavy atom. The Labute approximate surface area is 170 Å². The van der Waals surface area contributed by atoms with E-state index in [2.05, 4.69) is 15.4 Å². The summed E-state index contributed by atoms with van der Waals surface area (Å²) >= 11 is 0. The van der Waals surface area contributed by atoms with Gasteiger partial charge < -0.3 is 20.5 Å². The first-order valence-electron chi connectivity index (χ1n) is 9.54. The van der Waals surface area contributed by atoms with Crippen LogP contribution in [0.2, 0.25) is 0 Å². The molecule has 1 aliphatic heterocycles. The maximum atomic E-state index is 12.6. The van der Waals surface area contributed by atoms with Crippen LogP contribution in [0.3, 0.4) is 0 Å². The number of imide groups is 1. The molecule has 1 atom stereocenters. The van der Waals surface area contributed by atoms with Gasteiger partial charge >= 0.3 is 12.4 Å². The second-order valence-electron chi connectivity index (χ2n) is 7.40. The van der Waals surface area contributed by atoms with E-state index in [0.717, 1.165) is 36.3 Å². The molecule has 0 bridgehead atoms. The summed E-state index contributed by atoms with van der Waals surface area (Å²) in [5.74, 6) is -1.48. The van der Waals surface area contributed by atoms with Gasteiger partial charge in [-0.05, 0) is 30.5 Å². The SMILES string of the molecule is O=C(CN1C(=O)NC2(CCCCC2)C1=O)NC[C@H](O)c1ccc(OC(F)(F)F)cc1. The number of aliphatic hydroxyl groups excluding tert-OH is 1. The molecule has 2 aliphatic rings. The highest BCUT2D eigenvalue weighted by molar-refractivity contribution is 6.09. The van der Waals surface area contributed by atoms with Crippen LogP contribution in [-0.2, 0) is 9.59 Å². The van der Waals surface area contributed by atoms with Gasteiger partial charge in [0.05, 0.1) is 6.10 Å². The molecule has 0 aromatic heterocycles. The average molecular weight is 429 g/mol. The Morgan fingerprint density at radius 3 is 2.43 bits per heavy atom. The number of aliphatic hydroxyl groups is 1. The highest BCUT2D eigenvalue weighted by Crippen LogP contribution is 2.33. The van der Waals surface area contributed by atoms with Crippen LogP contribution in [0.1, 0.15) is 43.8 Å². The lowest BCUT2D eigenvalue weighted by molar-refractivity contribution is -0.274. The molecule has 1 aromatic carbocycles. The van der Waals surface area contributed by atoms with Gasteiger partial charge in [-0.25, -0.2) is 4.79 Å². The van der Waals surface area contributed by atoms with E-state index in [1.807, 2.05) is 0 Å². The van der Waals surface area contributed by atoms with Crippen molar-refractivity contribution in [2.24, 2.45) is 0 Å². The summed E-state index contributed by atoms with van der Waals surface area (Å²) in [4.78, 5) is 37.8. The molecule has 8 nitrogen and oxygen atoms in total. The number of halogens is 3. The number of amides is 4. The third-order valence-electron chi connectivity index (χ3n) is 5.25. The number of nitrogens with zero attached hydrogens (tertiary/aromatic N) is 1. The first kappa shape index (κ1) is 21.9. The topological polar surface area (TPSA) is 108 Å². The zero-order valence-electron chi connectivity index (χ0n) is 16.0. The van der Waals surface area contributed by atoms with E-state index >= 15 is 0 Å². The van der Waals surface area contributed by atoms with Gasteiger partial charge in [0.25, 0.3) is 5.91 Å². The van der Waals surface area contributed by atoms with Crippen molar-refractivity contribution in [1.82, 2.24) is 15.5 Å². The summed E-state index contributed by atoms with van der Waals surface area (Å²) in [5.41, 5.74) is -0.656. The van der Waals surface area contributed by atoms with Gasteiger partial charge in [-0.1, -0.05) is 31.4 Å². The molecule has 1 aliphatic carbocycles. The molecule has 11 heteroatoms. The van der Waals surface area contributed by atoms with Crippen LogP contribution in [0.15, 0.2) is 24.3 Å². The molecule has 3 rings (SSSR count). The van der Waals surface area contributed by atoms with Crippen molar-refractivity contribution >= 4 is 17.8 Å². The standard InChI is InChI=1S/C19H22F3N3O5/c20-19(21,22)30-13-6-4-12(5-7-13)14(26)10-23-15(27)11-25-16(28)18(24-17(25)29)8-2-1-3-9-18/h4-7,14,26H,1-3,8-11H2,(H,23,27)(H,24,29)/t14-/m0/s1. The van der Waals surface area contributed by atoms with E-state index in [1.54, 1.807) is 0 Å². The second kappa shape index (κ2) is 8.50. The average Bonchev–Trinajstić information content (AvgIpc) is 2.90. The van der Waals surface area contributed by atoms with Crippen LogP contribution in [0, 0.1) is 0 Å². The van der Waals surface area contributed by atoms with Crippen LogP contribution in [0.4, 0.5) is 18.0 Å². The number of alkyl halides is 3. The maximum absolute atomic E-state index is 12.6. The lowest BCUT2D eigenvalue weighted by Gasteiger charge is -2.30. The van der Waals surface area contributed by atoms with Crippen molar-refractivity contribution in [2.45, 2.75) is 50.1 Å². The molecule has 0 radical (unpaired) electrons. The molecule has 2 fully saturated rings. The Kier molecular flexibility index (Phi) is 6.20. The lowest BCUT2D eigenvalue weighted by atomic mass is 9.82. The smallest absolute Gasteiger partial charge is 0.406 e. The molecule has 1 spiro atoms. The molecule has 1 saturated heterocycles. The molecule has 164 valence electrons. The van der Waals surface area contributed by atoms with Gasteiger partial charge in [0.1, 0.15) is 17.8 Å². The summed E-state index contributed by atoms with van der Waals surface area (Å²) in [5, 5.41) is 15.2. The van der Waals surface area contributed by atoms with Gasteiger partial charge in [0.2, 0.25) is 5.91 Å². The number of ether oxygens (including phenoxy) is 1. The molecule has 1 aromatic rings. The first-order valence-corrected chi connectivity index (χ1v) is 9.54. The molecule has 3 N–H and O–H groups in total. The number of hydrogen-bond acceptors (Lipinski definition) is 5. The fourth-order valence-electron chi connectivity index (χ4n) is 3.73. The first-order chi connectivity index (χ1) is 14.1. The highest BCUT2D eigenvalue weighted by Gasteiger charge is 2.51. The molecular formula is C19H22F3N3O5. The van der Waals surface area contributed by atoms with Crippen LogP contribution in [-0.4, -0.2) is 52.8 Å². The van der Waals surface area contributed by atoms with Gasteiger partial charge in [-0.15, -0.1) is 13.2 Å². The van der Waals surface area contributed by atoms with E-state index in [-0.39, 0.29) is 12.1 Å². The van der Waals surface area contributed by atoms with Crippen molar-refractivity contribution in [1.29, 1.82) is 0 Å². The Morgan fingerprint density at radius 2 is 1.83 bits per heavy atom. The number of benzene rings is 1. The van der Waals surface area contributed by atoms with Crippen LogP contribution >= 0.6 is 0 Å². The lowest BCUT2D eigenvalue weighted by Crippen LogP contribution is -2.49. The third-order valence-corrected chi connectivity index (χ3v) is 5.25. The zero-order valence-corrected chi connectivity index (χ0v) is 16.0. The van der Waals surface area contributed by atoms with Crippen molar-refractivity contribution in [3.05, 3.63) is 29.8 Å². The van der Waals surface area contributed by atoms with E-state index in [9.17, 15) is 32.7 Å². The van der Waals surface area contributed by atoms with E-state index in [1.165, 1.54) is 12.1 Å². The molecule has 0 unspecified atom stereocenters. The fourth-order valence-corrected chi connectivity index (χ4v) is 3.73. The van der Waals surface area contributed by atoms with Crippen LogP contribution in [0.5, 0.6) is 5.75 Å². The number of hydrogen-bond donors (Lipinski definition) is 3. The monoisotopic (exact) mass is 429 g/mol. The van der Waals surface area contributed by atoms with Crippen molar-refractivity contribution in [2.75, 3.05) is 13.1 Å². The number of urea groups is 1. The van der Waals surface area contributed by atoms with Gasteiger partial charge in [-0.2, -0.15) is 0 Å². The van der Waals surface area contributed by atoms with Crippen molar-refractivity contribution in [3.8, 4) is 5.75 Å². The van der Waals surface area contributed by atoms with Crippen LogP contribution < -0.4 is 15.4 Å². The predicted molar refractivity (Wildman–Crippen MR) is 97.2 cm³/mol. The van der Waals surface area contributed by atoms with Crippen molar-refractivity contribution < 1.29 is 37.4 Å². The minimum Gasteiger partial charge on any atom is -0.406 e. The number of carbonyl (C=O) groups excluding carboxylic acids is 3. The fraction of sp³-hybridized carbons (Fsp3) is 0.526. The number of rotatable bonds is 6. The quantitative estimate of drug-likeness (QED) is 0.600. The Bertz CT molecular complexity index is 807. The normalized spacial score (nSPS) is 19.5. The molecule has 1 saturated carbocycles. The van der Waals surface area contributed by atoms with E-state index < -0.39 is 48.1 Å². The molecule has 4 amide bonds. The Hall–Kier alpha value is -2.82. The van der Waals surface area contributed by atoms with Gasteiger partial charge in [-0.3, -0.25) is 14.5 Å². The second-order valence-corrected chi connectivity index (χ2v) is 7.40. The Balaban J connectivity index is 1.50. The summed E-state index contributed by atoms with van der Waals surface area (Å²) in [7, 11) is 0. The molecular weight excluding hydrogens is 407 g/mol. The third kappa shape index (κ3) is 5.02. The van der Waals surface area contributed by atoms with E-state index in [4.69, 9.17) is 0 Å². The van der Waals surface area contributed by atoms with E-state index in [0.29, 0.717) is 12.8 Å². The molecule has 30 heavy (non-hydrogen) atoms.